The van der Waals surface area contributed by atoms with Crippen molar-refractivity contribution in [3.8, 4) is 6.07 Å². The minimum Gasteiger partial charge on any atom is -0.329 e. The van der Waals surface area contributed by atoms with E-state index in [1.54, 1.807) is 12.1 Å². The molecule has 0 radical (unpaired) electrons. The molecule has 1 unspecified atom stereocenters. The van der Waals surface area contributed by atoms with E-state index in [0.29, 0.717) is 10.9 Å². The van der Waals surface area contributed by atoms with Gasteiger partial charge in [-0.25, -0.2) is 0 Å². The van der Waals surface area contributed by atoms with E-state index in [4.69, 9.17) is 22.3 Å². The van der Waals surface area contributed by atoms with E-state index in [1.165, 1.54) is 0 Å². The summed E-state index contributed by atoms with van der Waals surface area (Å²) in [6.07, 6.45) is 0.734. The van der Waals surface area contributed by atoms with E-state index in [1.807, 2.05) is 17.0 Å². The van der Waals surface area contributed by atoms with Crippen LogP contribution < -0.4 is 4.90 Å². The summed E-state index contributed by atoms with van der Waals surface area (Å²) in [6, 6.07) is 9.47. The van der Waals surface area contributed by atoms with Gasteiger partial charge in [0.15, 0.2) is 0 Å². The summed E-state index contributed by atoms with van der Waals surface area (Å²) in [5, 5.41) is 17.3. The summed E-state index contributed by atoms with van der Waals surface area (Å²) in [4.78, 5) is 1.85. The molecule has 1 atom stereocenters. The Morgan fingerprint density at radius 3 is 2.60 bits per heavy atom. The third-order valence-electron chi connectivity index (χ3n) is 2.56. The van der Waals surface area contributed by atoms with Crippen LogP contribution in [0.1, 0.15) is 6.42 Å². The van der Waals surface area contributed by atoms with Crippen LogP contribution in [-0.2, 0) is 0 Å². The van der Waals surface area contributed by atoms with Crippen molar-refractivity contribution >= 4 is 23.1 Å². The highest BCUT2D eigenvalue weighted by Crippen LogP contribution is 2.25. The summed E-state index contributed by atoms with van der Waals surface area (Å²) >= 11 is 5.79. The number of nitrogens with one attached hydrogen (secondary N) is 1. The predicted octanol–water partition coefficient (Wildman–Crippen LogP) is 2.67. The molecule has 3 nitrogen and oxygen atoms in total. The van der Waals surface area contributed by atoms with Crippen molar-refractivity contribution in [3.05, 3.63) is 29.3 Å². The van der Waals surface area contributed by atoms with Crippen molar-refractivity contribution < 1.29 is 0 Å². The number of anilines is 1. The summed E-state index contributed by atoms with van der Waals surface area (Å²) < 4.78 is 0. The second-order valence-corrected chi connectivity index (χ2v) is 3.92. The summed E-state index contributed by atoms with van der Waals surface area (Å²) in [5.41, 5.74) is 0.933. The van der Waals surface area contributed by atoms with E-state index in [-0.39, 0.29) is 5.92 Å². The zero-order valence-corrected chi connectivity index (χ0v) is 8.83. The van der Waals surface area contributed by atoms with Gasteiger partial charge in [-0.05, 0) is 30.7 Å². The second kappa shape index (κ2) is 3.92. The fraction of sp³-hybridized carbons (Fsp3) is 0.273. The molecule has 0 aliphatic carbocycles. The first-order valence-electron chi connectivity index (χ1n) is 4.73. The Balaban J connectivity index is 2.23. The number of halogens is 1. The Labute approximate surface area is 93.4 Å². The monoisotopic (exact) mass is 219 g/mol. The first kappa shape index (κ1) is 10.0. The number of nitriles is 1. The normalized spacial score (nSPS) is 20.4. The first-order chi connectivity index (χ1) is 7.22. The number of hydrogen-bond donors (Lipinski definition) is 1. The van der Waals surface area contributed by atoms with Crippen LogP contribution in [0.15, 0.2) is 24.3 Å². The van der Waals surface area contributed by atoms with Gasteiger partial charge in [0, 0.05) is 17.3 Å². The van der Waals surface area contributed by atoms with Gasteiger partial charge in [-0.15, -0.1) is 0 Å². The molecule has 1 aromatic rings. The quantitative estimate of drug-likeness (QED) is 0.790. The van der Waals surface area contributed by atoms with Crippen LogP contribution in [0.5, 0.6) is 0 Å². The molecule has 76 valence electrons. The van der Waals surface area contributed by atoms with Gasteiger partial charge in [-0.2, -0.15) is 5.26 Å². The number of hydrogen-bond acceptors (Lipinski definition) is 2. The molecule has 1 heterocycles. The maximum Gasteiger partial charge on any atom is 0.118 e. The van der Waals surface area contributed by atoms with Crippen LogP contribution in [0.25, 0.3) is 0 Å². The molecule has 0 aromatic heterocycles. The maximum atomic E-state index is 8.81. The fourth-order valence-electron chi connectivity index (χ4n) is 1.72. The number of rotatable bonds is 1. The lowest BCUT2D eigenvalue weighted by Crippen LogP contribution is -2.25. The third-order valence-corrected chi connectivity index (χ3v) is 2.81. The SMILES string of the molecule is N#CC1CCN(c2ccc(Cl)cc2)C1=N. The molecule has 1 N–H and O–H groups in total. The highest BCUT2D eigenvalue weighted by Gasteiger charge is 2.28. The summed E-state index contributed by atoms with van der Waals surface area (Å²) in [5.74, 6) is 0.125. The average molecular weight is 220 g/mol. The largest absolute Gasteiger partial charge is 0.329 e. The Morgan fingerprint density at radius 2 is 2.07 bits per heavy atom. The van der Waals surface area contributed by atoms with Gasteiger partial charge in [0.25, 0.3) is 0 Å². The first-order valence-corrected chi connectivity index (χ1v) is 5.11. The van der Waals surface area contributed by atoms with Crippen molar-refractivity contribution in [2.75, 3.05) is 11.4 Å². The van der Waals surface area contributed by atoms with E-state index in [9.17, 15) is 0 Å². The zero-order chi connectivity index (χ0) is 10.8. The molecule has 2 rings (SSSR count). The zero-order valence-electron chi connectivity index (χ0n) is 8.07. The van der Waals surface area contributed by atoms with Crippen molar-refractivity contribution in [2.45, 2.75) is 6.42 Å². The van der Waals surface area contributed by atoms with Gasteiger partial charge in [0.05, 0.1) is 6.07 Å². The van der Waals surface area contributed by atoms with E-state index >= 15 is 0 Å². The molecule has 4 heteroatoms. The molecular formula is C11H10ClN3. The Bertz CT molecular complexity index is 418. The van der Waals surface area contributed by atoms with Crippen molar-refractivity contribution in [1.82, 2.24) is 0 Å². The molecule has 1 saturated heterocycles. The van der Waals surface area contributed by atoms with Crippen molar-refractivity contribution in [1.29, 1.82) is 10.7 Å². The molecule has 1 fully saturated rings. The van der Waals surface area contributed by atoms with E-state index in [2.05, 4.69) is 6.07 Å². The lowest BCUT2D eigenvalue weighted by atomic mass is 10.1. The number of benzene rings is 1. The minimum atomic E-state index is -0.263. The van der Waals surface area contributed by atoms with Crippen molar-refractivity contribution in [2.24, 2.45) is 5.92 Å². The molecule has 1 aliphatic heterocycles. The van der Waals surface area contributed by atoms with Gasteiger partial charge >= 0.3 is 0 Å². The van der Waals surface area contributed by atoms with Crippen LogP contribution in [0.3, 0.4) is 0 Å². The molecule has 1 aromatic carbocycles. The van der Waals surface area contributed by atoms with Gasteiger partial charge in [0.1, 0.15) is 11.8 Å². The van der Waals surface area contributed by atoms with Gasteiger partial charge < -0.3 is 4.90 Å². The standard InChI is InChI=1S/C11H10ClN3/c12-9-1-3-10(4-2-9)15-6-5-8(7-13)11(15)14/h1-4,8,14H,5-6H2. The van der Waals surface area contributed by atoms with Gasteiger partial charge in [-0.1, -0.05) is 11.6 Å². The van der Waals surface area contributed by atoms with Crippen molar-refractivity contribution in [3.63, 3.8) is 0 Å². The lowest BCUT2D eigenvalue weighted by molar-refractivity contribution is 0.843. The summed E-state index contributed by atoms with van der Waals surface area (Å²) in [7, 11) is 0. The van der Waals surface area contributed by atoms with Gasteiger partial charge in [-0.3, -0.25) is 5.41 Å². The van der Waals surface area contributed by atoms with Crippen LogP contribution in [-0.4, -0.2) is 12.4 Å². The van der Waals surface area contributed by atoms with Crippen LogP contribution >= 0.6 is 11.6 Å². The Kier molecular flexibility index (Phi) is 2.61. The van der Waals surface area contributed by atoms with Crippen LogP contribution in [0, 0.1) is 22.7 Å². The molecule has 0 amide bonds. The molecule has 15 heavy (non-hydrogen) atoms. The molecule has 0 saturated carbocycles. The van der Waals surface area contributed by atoms with E-state index < -0.39 is 0 Å². The highest BCUT2D eigenvalue weighted by atomic mass is 35.5. The van der Waals surface area contributed by atoms with Gasteiger partial charge in [0.2, 0.25) is 0 Å². The highest BCUT2D eigenvalue weighted by molar-refractivity contribution is 6.30. The summed E-state index contributed by atoms with van der Waals surface area (Å²) in [6.45, 7) is 0.735. The molecule has 0 spiro atoms. The topological polar surface area (TPSA) is 50.9 Å². The molecular weight excluding hydrogens is 210 g/mol. The van der Waals surface area contributed by atoms with Crippen LogP contribution in [0.4, 0.5) is 5.69 Å². The maximum absolute atomic E-state index is 8.81. The van der Waals surface area contributed by atoms with Crippen LogP contribution in [0.2, 0.25) is 5.02 Å². The molecule has 1 aliphatic rings. The fourth-order valence-corrected chi connectivity index (χ4v) is 1.84. The smallest absolute Gasteiger partial charge is 0.118 e. The Hall–Kier alpha value is -1.53. The predicted molar refractivity (Wildman–Crippen MR) is 60.2 cm³/mol. The number of nitrogens with zero attached hydrogens (tertiary/aromatic N) is 2. The molecule has 0 bridgehead atoms. The second-order valence-electron chi connectivity index (χ2n) is 3.48. The third kappa shape index (κ3) is 1.81. The number of amidine groups is 1. The minimum absolute atomic E-state index is 0.263. The average Bonchev–Trinajstić information content (AvgIpc) is 2.61. The van der Waals surface area contributed by atoms with E-state index in [0.717, 1.165) is 18.7 Å². The lowest BCUT2D eigenvalue weighted by Gasteiger charge is -2.18. The Morgan fingerprint density at radius 1 is 1.40 bits per heavy atom.